The summed E-state index contributed by atoms with van der Waals surface area (Å²) in [7, 11) is 0. The summed E-state index contributed by atoms with van der Waals surface area (Å²) in [4.78, 5) is 36.4. The average Bonchev–Trinajstić information content (AvgIpc) is 2.62. The van der Waals surface area contributed by atoms with Gasteiger partial charge in [-0.25, -0.2) is 4.79 Å². The first-order valence-corrected chi connectivity index (χ1v) is 9.55. The van der Waals surface area contributed by atoms with Crippen molar-refractivity contribution in [3.8, 4) is 0 Å². The van der Waals surface area contributed by atoms with Crippen molar-refractivity contribution in [2.24, 2.45) is 0 Å². The van der Waals surface area contributed by atoms with E-state index in [1.165, 1.54) is 0 Å². The van der Waals surface area contributed by atoms with Gasteiger partial charge in [-0.05, 0) is 57.2 Å². The Kier molecular flexibility index (Phi) is 7.67. The van der Waals surface area contributed by atoms with Gasteiger partial charge in [-0.2, -0.15) is 0 Å². The molecule has 3 N–H and O–H groups in total. The van der Waals surface area contributed by atoms with Crippen LogP contribution in [0.4, 0.5) is 16.2 Å². The second-order valence-electron chi connectivity index (χ2n) is 7.28. The molecule has 0 saturated carbocycles. The van der Waals surface area contributed by atoms with Gasteiger partial charge in [0.2, 0.25) is 5.91 Å². The number of ether oxygens (including phenoxy) is 1. The van der Waals surface area contributed by atoms with Gasteiger partial charge in [-0.1, -0.05) is 12.1 Å². The Morgan fingerprint density at radius 1 is 0.931 bits per heavy atom. The van der Waals surface area contributed by atoms with Crippen LogP contribution in [-0.2, 0) is 9.53 Å². The number of hydrogen-bond donors (Lipinski definition) is 4. The minimum atomic E-state index is -0.585. The first-order valence-electron chi connectivity index (χ1n) is 9.10. The lowest BCUT2D eigenvalue weighted by Crippen LogP contribution is -2.34. The number of rotatable bonds is 6. The summed E-state index contributed by atoms with van der Waals surface area (Å²) in [6.45, 7) is 5.46. The predicted molar refractivity (Wildman–Crippen MR) is 116 cm³/mol. The third-order valence-electron chi connectivity index (χ3n) is 3.60. The molecule has 0 aromatic heterocycles. The largest absolute Gasteiger partial charge is 0.444 e. The van der Waals surface area contributed by atoms with Crippen molar-refractivity contribution in [3.63, 3.8) is 0 Å². The molecule has 2 aromatic carbocycles. The van der Waals surface area contributed by atoms with E-state index in [0.717, 1.165) is 0 Å². The first kappa shape index (κ1) is 22.3. The Morgan fingerprint density at radius 2 is 1.52 bits per heavy atom. The van der Waals surface area contributed by atoms with E-state index in [1.54, 1.807) is 69.3 Å². The molecule has 0 spiro atoms. The molecular formula is C21H25N3O4S. The normalized spacial score (nSPS) is 10.8. The fourth-order valence-electron chi connectivity index (χ4n) is 2.32. The number of carbonyl (C=O) groups excluding carboxylic acids is 3. The van der Waals surface area contributed by atoms with Crippen LogP contribution in [0.2, 0.25) is 0 Å². The molecule has 8 heteroatoms. The summed E-state index contributed by atoms with van der Waals surface area (Å²) in [5, 5.41) is 8.04. The molecule has 0 heterocycles. The van der Waals surface area contributed by atoms with E-state index in [-0.39, 0.29) is 24.8 Å². The van der Waals surface area contributed by atoms with E-state index in [2.05, 4.69) is 28.6 Å². The van der Waals surface area contributed by atoms with Gasteiger partial charge in [0.1, 0.15) is 5.60 Å². The molecule has 0 radical (unpaired) electrons. The lowest BCUT2D eigenvalue weighted by molar-refractivity contribution is -0.116. The maximum atomic E-state index is 12.3. The fourth-order valence-corrected chi connectivity index (χ4v) is 2.58. The van der Waals surface area contributed by atoms with Gasteiger partial charge in [0.25, 0.3) is 5.91 Å². The van der Waals surface area contributed by atoms with E-state index < -0.39 is 11.7 Å². The van der Waals surface area contributed by atoms with Crippen molar-refractivity contribution in [2.75, 3.05) is 17.2 Å². The van der Waals surface area contributed by atoms with E-state index in [0.29, 0.717) is 21.8 Å². The lowest BCUT2D eigenvalue weighted by atomic mass is 10.2. The van der Waals surface area contributed by atoms with Crippen LogP contribution in [0.1, 0.15) is 37.6 Å². The SMILES string of the molecule is CC(C)(C)OC(=O)NCCC(=O)Nc1ccc(NC(=O)c2ccccc2S)cc1. The Labute approximate surface area is 175 Å². The van der Waals surface area contributed by atoms with Crippen LogP contribution in [0, 0.1) is 0 Å². The number of carbonyl (C=O) groups is 3. The zero-order chi connectivity index (χ0) is 21.4. The highest BCUT2D eigenvalue weighted by molar-refractivity contribution is 7.80. The quantitative estimate of drug-likeness (QED) is 0.535. The van der Waals surface area contributed by atoms with Crippen molar-refractivity contribution < 1.29 is 19.1 Å². The van der Waals surface area contributed by atoms with Gasteiger partial charge in [-0.15, -0.1) is 12.6 Å². The highest BCUT2D eigenvalue weighted by atomic mass is 32.1. The number of alkyl carbamates (subject to hydrolysis) is 1. The van der Waals surface area contributed by atoms with E-state index in [1.807, 2.05) is 0 Å². The van der Waals surface area contributed by atoms with Crippen LogP contribution in [0.25, 0.3) is 0 Å². The Morgan fingerprint density at radius 3 is 2.10 bits per heavy atom. The Hall–Kier alpha value is -3.00. The summed E-state index contributed by atoms with van der Waals surface area (Å²) in [5.41, 5.74) is 1.07. The number of amides is 3. The van der Waals surface area contributed by atoms with Crippen LogP contribution in [0.5, 0.6) is 0 Å². The maximum Gasteiger partial charge on any atom is 0.407 e. The van der Waals surface area contributed by atoms with Crippen molar-refractivity contribution in [2.45, 2.75) is 37.7 Å². The lowest BCUT2D eigenvalue weighted by Gasteiger charge is -2.19. The van der Waals surface area contributed by atoms with Gasteiger partial charge in [0.05, 0.1) is 5.56 Å². The predicted octanol–water partition coefficient (Wildman–Crippen LogP) is 4.08. The summed E-state index contributed by atoms with van der Waals surface area (Å²) in [5.74, 6) is -0.512. The van der Waals surface area contributed by atoms with E-state index >= 15 is 0 Å². The number of thiol groups is 1. The standard InChI is InChI=1S/C21H25N3O4S/c1-21(2,3)28-20(27)22-13-12-18(25)23-14-8-10-15(11-9-14)24-19(26)16-6-4-5-7-17(16)29/h4-11,29H,12-13H2,1-3H3,(H,22,27)(H,23,25)(H,24,26). The van der Waals surface area contributed by atoms with Crippen molar-refractivity contribution in [1.82, 2.24) is 5.32 Å². The zero-order valence-corrected chi connectivity index (χ0v) is 17.5. The molecule has 0 saturated heterocycles. The molecule has 0 aliphatic rings. The number of benzene rings is 2. The van der Waals surface area contributed by atoms with Gasteiger partial charge >= 0.3 is 6.09 Å². The minimum absolute atomic E-state index is 0.108. The molecule has 154 valence electrons. The second kappa shape index (κ2) is 9.97. The molecule has 3 amide bonds. The minimum Gasteiger partial charge on any atom is -0.444 e. The molecule has 2 aromatic rings. The molecule has 0 atom stereocenters. The summed E-state index contributed by atoms with van der Waals surface area (Å²) < 4.78 is 5.10. The van der Waals surface area contributed by atoms with Crippen LogP contribution in [0.15, 0.2) is 53.4 Å². The highest BCUT2D eigenvalue weighted by Gasteiger charge is 2.16. The van der Waals surface area contributed by atoms with Crippen molar-refractivity contribution in [1.29, 1.82) is 0 Å². The highest BCUT2D eigenvalue weighted by Crippen LogP contribution is 2.18. The molecule has 0 unspecified atom stereocenters. The number of nitrogens with one attached hydrogen (secondary N) is 3. The topological polar surface area (TPSA) is 96.5 Å². The van der Waals surface area contributed by atoms with Crippen molar-refractivity contribution in [3.05, 3.63) is 54.1 Å². The molecule has 29 heavy (non-hydrogen) atoms. The molecule has 0 fully saturated rings. The maximum absolute atomic E-state index is 12.3. The van der Waals surface area contributed by atoms with Crippen molar-refractivity contribution >= 4 is 41.9 Å². The van der Waals surface area contributed by atoms with Gasteiger partial charge in [0.15, 0.2) is 0 Å². The Balaban J connectivity index is 1.80. The zero-order valence-electron chi connectivity index (χ0n) is 16.6. The molecular weight excluding hydrogens is 390 g/mol. The molecule has 0 aliphatic heterocycles. The Bertz CT molecular complexity index is 876. The van der Waals surface area contributed by atoms with Crippen LogP contribution < -0.4 is 16.0 Å². The van der Waals surface area contributed by atoms with Gasteiger partial charge < -0.3 is 20.7 Å². The number of hydrogen-bond acceptors (Lipinski definition) is 5. The van der Waals surface area contributed by atoms with Crippen LogP contribution >= 0.6 is 12.6 Å². The molecule has 0 bridgehead atoms. The summed E-state index contributed by atoms with van der Waals surface area (Å²) in [6, 6.07) is 13.8. The summed E-state index contributed by atoms with van der Waals surface area (Å²) >= 11 is 4.28. The number of anilines is 2. The van der Waals surface area contributed by atoms with E-state index in [4.69, 9.17) is 4.74 Å². The second-order valence-corrected chi connectivity index (χ2v) is 7.76. The summed E-state index contributed by atoms with van der Waals surface area (Å²) in [6.07, 6.45) is -0.454. The third kappa shape index (κ3) is 7.87. The van der Waals surface area contributed by atoms with Crippen LogP contribution in [0.3, 0.4) is 0 Å². The molecule has 0 aliphatic carbocycles. The first-order chi connectivity index (χ1) is 13.6. The third-order valence-corrected chi connectivity index (χ3v) is 3.99. The smallest absolute Gasteiger partial charge is 0.407 e. The van der Waals surface area contributed by atoms with Gasteiger partial charge in [-0.3, -0.25) is 9.59 Å². The average molecular weight is 416 g/mol. The van der Waals surface area contributed by atoms with Crippen LogP contribution in [-0.4, -0.2) is 30.1 Å². The monoisotopic (exact) mass is 415 g/mol. The molecule has 7 nitrogen and oxygen atoms in total. The molecule has 2 rings (SSSR count). The van der Waals surface area contributed by atoms with E-state index in [9.17, 15) is 14.4 Å². The van der Waals surface area contributed by atoms with Gasteiger partial charge in [0, 0.05) is 29.2 Å². The fraction of sp³-hybridized carbons (Fsp3) is 0.286.